The van der Waals surface area contributed by atoms with Crippen LogP contribution in [0.25, 0.3) is 0 Å². The molecule has 4 atom stereocenters. The highest BCUT2D eigenvalue weighted by Crippen LogP contribution is 2.33. The molecule has 1 amide bonds. The number of carbonyl (C=O) groups is 1. The van der Waals surface area contributed by atoms with Gasteiger partial charge in [0, 0.05) is 25.2 Å². The van der Waals surface area contributed by atoms with E-state index in [-0.39, 0.29) is 11.9 Å². The Kier molecular flexibility index (Phi) is 4.85. The van der Waals surface area contributed by atoms with Crippen molar-refractivity contribution in [2.24, 2.45) is 11.8 Å². The van der Waals surface area contributed by atoms with Gasteiger partial charge >= 0.3 is 0 Å². The molecule has 1 saturated carbocycles. The van der Waals surface area contributed by atoms with E-state index in [4.69, 9.17) is 0 Å². The third kappa shape index (κ3) is 3.59. The van der Waals surface area contributed by atoms with Crippen LogP contribution in [0.5, 0.6) is 0 Å². The van der Waals surface area contributed by atoms with Gasteiger partial charge in [-0.1, -0.05) is 12.8 Å². The molecular weight excluding hydrogens is 262 g/mol. The van der Waals surface area contributed by atoms with Crippen molar-refractivity contribution in [2.75, 3.05) is 19.6 Å². The molecule has 0 aromatic carbocycles. The van der Waals surface area contributed by atoms with Crippen LogP contribution < -0.4 is 10.6 Å². The van der Waals surface area contributed by atoms with Crippen LogP contribution in [0.4, 0.5) is 0 Å². The topological polar surface area (TPSA) is 44.4 Å². The van der Waals surface area contributed by atoms with Crippen molar-refractivity contribution in [1.82, 2.24) is 15.5 Å². The predicted octanol–water partition coefficient (Wildman–Crippen LogP) is 1.75. The van der Waals surface area contributed by atoms with Gasteiger partial charge < -0.3 is 15.5 Å². The molecule has 2 aliphatic heterocycles. The Morgan fingerprint density at radius 2 is 2.10 bits per heavy atom. The highest BCUT2D eigenvalue weighted by atomic mass is 16.2. The average molecular weight is 293 g/mol. The molecule has 0 bridgehead atoms. The molecule has 0 aromatic rings. The zero-order valence-electron chi connectivity index (χ0n) is 13.6. The monoisotopic (exact) mass is 293 g/mol. The lowest BCUT2D eigenvalue weighted by Gasteiger charge is -2.24. The smallest absolute Gasteiger partial charge is 0.237 e. The number of nitrogens with one attached hydrogen (secondary N) is 2. The maximum absolute atomic E-state index is 12.4. The minimum atomic E-state index is 0.0701. The summed E-state index contributed by atoms with van der Waals surface area (Å²) in [5.74, 6) is 1.63. The zero-order valence-corrected chi connectivity index (χ0v) is 13.6. The summed E-state index contributed by atoms with van der Waals surface area (Å²) in [5.41, 5.74) is 0. The highest BCUT2D eigenvalue weighted by Gasteiger charge is 2.38. The fourth-order valence-electron chi connectivity index (χ4n) is 4.39. The normalized spacial score (nSPS) is 36.9. The van der Waals surface area contributed by atoms with Gasteiger partial charge in [-0.3, -0.25) is 4.79 Å². The molecule has 4 heteroatoms. The molecule has 3 rings (SSSR count). The zero-order chi connectivity index (χ0) is 14.8. The molecule has 0 radical (unpaired) electrons. The van der Waals surface area contributed by atoms with E-state index in [0.29, 0.717) is 18.0 Å². The number of rotatable bonds is 4. The number of hydrogen-bond donors (Lipinski definition) is 2. The number of fused-ring (bicyclic) bond motifs is 1. The Labute approximate surface area is 129 Å². The first-order valence-corrected chi connectivity index (χ1v) is 8.91. The predicted molar refractivity (Wildman–Crippen MR) is 85.1 cm³/mol. The van der Waals surface area contributed by atoms with Crippen LogP contribution >= 0.6 is 0 Å². The Hall–Kier alpha value is -0.610. The van der Waals surface area contributed by atoms with E-state index in [1.807, 2.05) is 0 Å². The van der Waals surface area contributed by atoms with Crippen LogP contribution in [0.1, 0.15) is 52.4 Å². The quantitative estimate of drug-likeness (QED) is 0.830. The van der Waals surface area contributed by atoms with Crippen molar-refractivity contribution in [3.63, 3.8) is 0 Å². The molecule has 2 heterocycles. The van der Waals surface area contributed by atoms with Gasteiger partial charge in [0.25, 0.3) is 0 Å². The maximum Gasteiger partial charge on any atom is 0.237 e. The summed E-state index contributed by atoms with van der Waals surface area (Å²) in [4.78, 5) is 14.9. The maximum atomic E-state index is 12.4. The first-order valence-electron chi connectivity index (χ1n) is 8.91. The minimum Gasteiger partial charge on any atom is -0.354 e. The van der Waals surface area contributed by atoms with E-state index in [1.54, 1.807) is 0 Å². The molecule has 4 nitrogen and oxygen atoms in total. The van der Waals surface area contributed by atoms with Crippen LogP contribution in [0.15, 0.2) is 0 Å². The van der Waals surface area contributed by atoms with Crippen molar-refractivity contribution in [3.05, 3.63) is 0 Å². The van der Waals surface area contributed by atoms with E-state index >= 15 is 0 Å². The summed E-state index contributed by atoms with van der Waals surface area (Å²) in [5, 5.41) is 6.78. The second-order valence-corrected chi connectivity index (χ2v) is 7.59. The second-order valence-electron chi connectivity index (χ2n) is 7.59. The van der Waals surface area contributed by atoms with Gasteiger partial charge in [0.15, 0.2) is 0 Å². The number of hydrogen-bond acceptors (Lipinski definition) is 3. The SMILES string of the molecule is CC(C)N1CCC(CNC(=O)C2CC3CCCCC3N2)C1. The van der Waals surface area contributed by atoms with Crippen LogP contribution in [0.3, 0.4) is 0 Å². The number of amides is 1. The van der Waals surface area contributed by atoms with Crippen LogP contribution in [-0.4, -0.2) is 48.6 Å². The Balaban J connectivity index is 1.41. The Morgan fingerprint density at radius 3 is 2.81 bits per heavy atom. The lowest BCUT2D eigenvalue weighted by molar-refractivity contribution is -0.123. The largest absolute Gasteiger partial charge is 0.354 e. The van der Waals surface area contributed by atoms with Gasteiger partial charge in [0.2, 0.25) is 5.91 Å². The molecule has 2 saturated heterocycles. The molecule has 3 aliphatic rings. The van der Waals surface area contributed by atoms with Crippen LogP contribution in [0.2, 0.25) is 0 Å². The van der Waals surface area contributed by atoms with Crippen molar-refractivity contribution in [1.29, 1.82) is 0 Å². The van der Waals surface area contributed by atoms with Gasteiger partial charge in [0.05, 0.1) is 6.04 Å². The summed E-state index contributed by atoms with van der Waals surface area (Å²) >= 11 is 0. The highest BCUT2D eigenvalue weighted by molar-refractivity contribution is 5.82. The molecule has 3 fully saturated rings. The first kappa shape index (κ1) is 15.3. The summed E-state index contributed by atoms with van der Waals surface area (Å²) in [6.45, 7) is 7.69. The van der Waals surface area contributed by atoms with Gasteiger partial charge in [-0.15, -0.1) is 0 Å². The van der Waals surface area contributed by atoms with Crippen molar-refractivity contribution in [3.8, 4) is 0 Å². The van der Waals surface area contributed by atoms with Gasteiger partial charge in [-0.25, -0.2) is 0 Å². The fraction of sp³-hybridized carbons (Fsp3) is 0.941. The molecule has 21 heavy (non-hydrogen) atoms. The third-order valence-corrected chi connectivity index (χ3v) is 5.79. The van der Waals surface area contributed by atoms with Crippen molar-refractivity contribution in [2.45, 2.75) is 70.5 Å². The van der Waals surface area contributed by atoms with Crippen LogP contribution in [-0.2, 0) is 4.79 Å². The van der Waals surface area contributed by atoms with E-state index in [0.717, 1.165) is 25.4 Å². The van der Waals surface area contributed by atoms with Crippen LogP contribution in [0, 0.1) is 11.8 Å². The Morgan fingerprint density at radius 1 is 1.29 bits per heavy atom. The fourth-order valence-corrected chi connectivity index (χ4v) is 4.39. The molecule has 1 aliphatic carbocycles. The lowest BCUT2D eigenvalue weighted by atomic mass is 9.85. The van der Waals surface area contributed by atoms with Crippen molar-refractivity contribution >= 4 is 5.91 Å². The van der Waals surface area contributed by atoms with Crippen molar-refractivity contribution < 1.29 is 4.79 Å². The minimum absolute atomic E-state index is 0.0701. The Bertz CT molecular complexity index is 357. The third-order valence-electron chi connectivity index (χ3n) is 5.79. The van der Waals surface area contributed by atoms with E-state index < -0.39 is 0 Å². The molecular formula is C17H31N3O. The standard InChI is InChI=1S/C17H31N3O/c1-12(2)20-8-7-13(11-20)10-18-17(21)16-9-14-5-3-4-6-15(14)19-16/h12-16,19H,3-11H2,1-2H3,(H,18,21). The van der Waals surface area contributed by atoms with Gasteiger partial charge in [-0.2, -0.15) is 0 Å². The first-order chi connectivity index (χ1) is 10.1. The summed E-state index contributed by atoms with van der Waals surface area (Å²) in [7, 11) is 0. The number of likely N-dealkylation sites (tertiary alicyclic amines) is 1. The molecule has 0 spiro atoms. The number of nitrogens with zero attached hydrogens (tertiary/aromatic N) is 1. The van der Waals surface area contributed by atoms with E-state index in [9.17, 15) is 4.79 Å². The molecule has 2 N–H and O–H groups in total. The van der Waals surface area contributed by atoms with E-state index in [1.165, 1.54) is 38.6 Å². The summed E-state index contributed by atoms with van der Waals surface area (Å²) in [6.07, 6.45) is 7.54. The molecule has 0 aromatic heterocycles. The molecule has 4 unspecified atom stereocenters. The van der Waals surface area contributed by atoms with E-state index in [2.05, 4.69) is 29.4 Å². The number of carbonyl (C=O) groups excluding carboxylic acids is 1. The average Bonchev–Trinajstić information content (AvgIpc) is 3.11. The lowest BCUT2D eigenvalue weighted by Crippen LogP contribution is -2.44. The van der Waals surface area contributed by atoms with Gasteiger partial charge in [0.1, 0.15) is 0 Å². The second kappa shape index (κ2) is 6.66. The van der Waals surface area contributed by atoms with Gasteiger partial charge in [-0.05, 0) is 57.9 Å². The molecule has 120 valence electrons. The summed E-state index contributed by atoms with van der Waals surface area (Å²) in [6, 6.07) is 1.31. The summed E-state index contributed by atoms with van der Waals surface area (Å²) < 4.78 is 0.